The van der Waals surface area contributed by atoms with Crippen LogP contribution in [0, 0.1) is 10.7 Å². The number of nitriles is 1. The molecule has 0 aliphatic rings. The van der Waals surface area contributed by atoms with Crippen LogP contribution >= 0.6 is 23.4 Å². The third kappa shape index (κ3) is 2.76. The highest BCUT2D eigenvalue weighted by Crippen LogP contribution is 2.16. The molecule has 1 aromatic rings. The molecule has 4 heteroatoms. The van der Waals surface area contributed by atoms with Gasteiger partial charge in [-0.15, -0.1) is 0 Å². The summed E-state index contributed by atoms with van der Waals surface area (Å²) in [7, 11) is 0. The zero-order valence-corrected chi connectivity index (χ0v) is 9.10. The normalized spacial score (nSPS) is 11.8. The van der Waals surface area contributed by atoms with E-state index < -0.39 is 0 Å². The van der Waals surface area contributed by atoms with Crippen LogP contribution in [0.1, 0.15) is 17.3 Å². The van der Waals surface area contributed by atoms with Gasteiger partial charge in [0.25, 0.3) is 0 Å². The Hall–Kier alpha value is -0.980. The number of carbonyl (C=O) groups is 1. The molecule has 1 aromatic carbocycles. The largest absolute Gasteiger partial charge is 0.293 e. The van der Waals surface area contributed by atoms with Crippen molar-refractivity contribution in [2.75, 3.05) is 0 Å². The van der Waals surface area contributed by atoms with E-state index in [-0.39, 0.29) is 11.0 Å². The second-order valence-electron chi connectivity index (χ2n) is 2.72. The quantitative estimate of drug-likeness (QED) is 0.586. The number of Topliss-reactive ketones (excluding diaryl/α,β-unsaturated/α-hetero) is 1. The molecule has 1 rings (SSSR count). The molecule has 72 valence electrons. The fourth-order valence-corrected chi connectivity index (χ4v) is 1.51. The van der Waals surface area contributed by atoms with Crippen molar-refractivity contribution >= 4 is 29.1 Å². The minimum atomic E-state index is -0.332. The Morgan fingerprint density at radius 2 is 2.07 bits per heavy atom. The molecule has 1 unspecified atom stereocenters. The van der Waals surface area contributed by atoms with Gasteiger partial charge in [-0.2, -0.15) is 5.26 Å². The van der Waals surface area contributed by atoms with E-state index in [2.05, 4.69) is 0 Å². The van der Waals surface area contributed by atoms with Crippen LogP contribution in [-0.2, 0) is 0 Å². The molecule has 0 aromatic heterocycles. The van der Waals surface area contributed by atoms with Gasteiger partial charge in [0.15, 0.2) is 5.78 Å². The summed E-state index contributed by atoms with van der Waals surface area (Å²) < 4.78 is 0. The minimum absolute atomic E-state index is 0.0479. The number of carbonyl (C=O) groups excluding carboxylic acids is 1. The van der Waals surface area contributed by atoms with Crippen LogP contribution in [0.15, 0.2) is 24.3 Å². The number of hydrogen-bond acceptors (Lipinski definition) is 3. The van der Waals surface area contributed by atoms with E-state index in [0.717, 1.165) is 11.8 Å². The number of halogens is 1. The van der Waals surface area contributed by atoms with Crippen LogP contribution in [-0.4, -0.2) is 11.0 Å². The van der Waals surface area contributed by atoms with Gasteiger partial charge in [-0.3, -0.25) is 4.79 Å². The molecule has 0 saturated carbocycles. The van der Waals surface area contributed by atoms with Crippen molar-refractivity contribution in [1.29, 1.82) is 5.26 Å². The molecule has 0 fully saturated rings. The summed E-state index contributed by atoms with van der Waals surface area (Å²) in [5.41, 5.74) is 0.588. The molecule has 0 aliphatic carbocycles. The van der Waals surface area contributed by atoms with Crippen molar-refractivity contribution in [3.8, 4) is 5.40 Å². The van der Waals surface area contributed by atoms with E-state index >= 15 is 0 Å². The van der Waals surface area contributed by atoms with E-state index in [1.807, 2.05) is 5.40 Å². The smallest absolute Gasteiger partial charge is 0.176 e. The Bertz CT molecular complexity index is 369. The third-order valence-corrected chi connectivity index (χ3v) is 2.65. The zero-order valence-electron chi connectivity index (χ0n) is 7.53. The molecular formula is C10H8ClNOS. The summed E-state index contributed by atoms with van der Waals surface area (Å²) in [5.74, 6) is -0.0479. The number of nitrogens with zero attached hydrogens (tertiary/aromatic N) is 1. The summed E-state index contributed by atoms with van der Waals surface area (Å²) in [6, 6.07) is 6.66. The van der Waals surface area contributed by atoms with E-state index in [0.29, 0.717) is 10.6 Å². The van der Waals surface area contributed by atoms with Crippen LogP contribution in [0.5, 0.6) is 0 Å². The molecule has 0 N–H and O–H groups in total. The van der Waals surface area contributed by atoms with Crippen LogP contribution in [0.4, 0.5) is 0 Å². The summed E-state index contributed by atoms with van der Waals surface area (Å²) >= 11 is 6.65. The number of benzene rings is 1. The van der Waals surface area contributed by atoms with Gasteiger partial charge in [0.1, 0.15) is 5.40 Å². The Morgan fingerprint density at radius 1 is 1.50 bits per heavy atom. The standard InChI is InChI=1S/C10H8ClNOS/c1-7(14-6-12)10(13)8-2-4-9(11)5-3-8/h2-5,7H,1H3. The summed E-state index contributed by atoms with van der Waals surface area (Å²) in [6.45, 7) is 1.71. The highest BCUT2D eigenvalue weighted by Gasteiger charge is 2.15. The SMILES string of the molecule is CC(SC#N)C(=O)c1ccc(Cl)cc1. The van der Waals surface area contributed by atoms with E-state index in [9.17, 15) is 4.79 Å². The topological polar surface area (TPSA) is 40.9 Å². The lowest BCUT2D eigenvalue weighted by molar-refractivity contribution is 0.0994. The predicted octanol–water partition coefficient (Wildman–Crippen LogP) is 3.13. The Morgan fingerprint density at radius 3 is 2.57 bits per heavy atom. The van der Waals surface area contributed by atoms with Crippen molar-refractivity contribution in [3.05, 3.63) is 34.9 Å². The number of thioether (sulfide) groups is 1. The van der Waals surface area contributed by atoms with Gasteiger partial charge in [0, 0.05) is 10.6 Å². The van der Waals surface area contributed by atoms with Gasteiger partial charge in [-0.05, 0) is 43.0 Å². The summed E-state index contributed by atoms with van der Waals surface area (Å²) in [6.07, 6.45) is 0. The first kappa shape index (κ1) is 11.1. The predicted molar refractivity (Wildman–Crippen MR) is 58.4 cm³/mol. The van der Waals surface area contributed by atoms with E-state index in [1.165, 1.54) is 0 Å². The molecule has 0 saturated heterocycles. The fourth-order valence-electron chi connectivity index (χ4n) is 0.981. The average molecular weight is 226 g/mol. The van der Waals surface area contributed by atoms with Gasteiger partial charge in [0.2, 0.25) is 0 Å². The number of ketones is 1. The lowest BCUT2D eigenvalue weighted by atomic mass is 10.1. The lowest BCUT2D eigenvalue weighted by Crippen LogP contribution is -2.12. The second kappa shape index (κ2) is 5.04. The van der Waals surface area contributed by atoms with Crippen LogP contribution < -0.4 is 0 Å². The molecule has 0 aliphatic heterocycles. The van der Waals surface area contributed by atoms with Crippen molar-refractivity contribution in [3.63, 3.8) is 0 Å². The van der Waals surface area contributed by atoms with Crippen molar-refractivity contribution in [1.82, 2.24) is 0 Å². The number of thiocyanates is 1. The minimum Gasteiger partial charge on any atom is -0.293 e. The molecule has 0 heterocycles. The lowest BCUT2D eigenvalue weighted by Gasteiger charge is -2.04. The second-order valence-corrected chi connectivity index (χ2v) is 4.28. The maximum Gasteiger partial charge on any atom is 0.176 e. The van der Waals surface area contributed by atoms with Gasteiger partial charge in [-0.25, -0.2) is 0 Å². The Kier molecular flexibility index (Phi) is 3.99. The van der Waals surface area contributed by atoms with Crippen LogP contribution in [0.3, 0.4) is 0 Å². The van der Waals surface area contributed by atoms with Crippen molar-refractivity contribution < 1.29 is 4.79 Å². The number of rotatable bonds is 3. The zero-order chi connectivity index (χ0) is 10.6. The molecule has 0 amide bonds. The maximum atomic E-state index is 11.6. The molecule has 0 radical (unpaired) electrons. The maximum absolute atomic E-state index is 11.6. The molecule has 1 atom stereocenters. The van der Waals surface area contributed by atoms with Gasteiger partial charge < -0.3 is 0 Å². The Labute approximate surface area is 91.9 Å². The molecular weight excluding hydrogens is 218 g/mol. The number of hydrogen-bond donors (Lipinski definition) is 0. The average Bonchev–Trinajstić information content (AvgIpc) is 2.18. The van der Waals surface area contributed by atoms with Crippen molar-refractivity contribution in [2.45, 2.75) is 12.2 Å². The van der Waals surface area contributed by atoms with Crippen LogP contribution in [0.25, 0.3) is 0 Å². The molecule has 0 spiro atoms. The van der Waals surface area contributed by atoms with Gasteiger partial charge in [0.05, 0.1) is 5.25 Å². The third-order valence-electron chi connectivity index (χ3n) is 1.73. The molecule has 0 bridgehead atoms. The summed E-state index contributed by atoms with van der Waals surface area (Å²) in [5, 5.41) is 10.6. The summed E-state index contributed by atoms with van der Waals surface area (Å²) in [4.78, 5) is 11.6. The first-order chi connectivity index (χ1) is 6.65. The molecule has 14 heavy (non-hydrogen) atoms. The highest BCUT2D eigenvalue weighted by atomic mass is 35.5. The Balaban J connectivity index is 2.80. The van der Waals surface area contributed by atoms with Crippen molar-refractivity contribution in [2.24, 2.45) is 0 Å². The highest BCUT2D eigenvalue weighted by molar-refractivity contribution is 8.04. The van der Waals surface area contributed by atoms with Gasteiger partial charge >= 0.3 is 0 Å². The van der Waals surface area contributed by atoms with E-state index in [4.69, 9.17) is 16.9 Å². The monoisotopic (exact) mass is 225 g/mol. The van der Waals surface area contributed by atoms with Gasteiger partial charge in [-0.1, -0.05) is 11.6 Å². The molecule has 2 nitrogen and oxygen atoms in total. The fraction of sp³-hybridized carbons (Fsp3) is 0.200. The first-order valence-corrected chi connectivity index (χ1v) is 5.25. The van der Waals surface area contributed by atoms with Crippen LogP contribution in [0.2, 0.25) is 5.02 Å². The van der Waals surface area contributed by atoms with E-state index in [1.54, 1.807) is 31.2 Å². The first-order valence-electron chi connectivity index (χ1n) is 3.99.